The van der Waals surface area contributed by atoms with Gasteiger partial charge in [-0.2, -0.15) is 4.57 Å². The van der Waals surface area contributed by atoms with E-state index in [-0.39, 0.29) is 0 Å². The van der Waals surface area contributed by atoms with Crippen LogP contribution in [-0.4, -0.2) is 7.11 Å². The Morgan fingerprint density at radius 2 is 1.40 bits per heavy atom. The first-order chi connectivity index (χ1) is 14.1. The number of pyridine rings is 1. The number of ether oxygens (including phenoxy) is 1. The Kier molecular flexibility index (Phi) is 6.26. The predicted molar refractivity (Wildman–Crippen MR) is 104 cm³/mol. The fraction of sp³-hybridized carbons (Fsp3) is 0.174. The molecule has 0 N–H and O–H groups in total. The van der Waals surface area contributed by atoms with Crippen molar-refractivity contribution in [2.24, 2.45) is 7.05 Å². The lowest BCUT2D eigenvalue weighted by Gasteiger charge is -2.17. The minimum absolute atomic E-state index is 0.882. The lowest BCUT2D eigenvalue weighted by Crippen LogP contribution is -2.68. The molecule has 0 amide bonds. The summed E-state index contributed by atoms with van der Waals surface area (Å²) in [7, 11) is -1.09. The topological polar surface area (TPSA) is 105 Å². The third kappa shape index (κ3) is 4.53. The van der Waals surface area contributed by atoms with Crippen LogP contribution in [-0.2, 0) is 7.05 Å². The molecule has 0 aliphatic carbocycles. The van der Waals surface area contributed by atoms with E-state index >= 15 is 0 Å². The highest BCUT2D eigenvalue weighted by molar-refractivity contribution is 6.07. The molecular weight excluding hydrogens is 406 g/mol. The molecule has 4 rings (SSSR count). The smallest absolute Gasteiger partial charge is 0.215 e. The molecule has 0 fully saturated rings. The van der Waals surface area contributed by atoms with E-state index in [1.54, 1.807) is 7.11 Å². The summed E-state index contributed by atoms with van der Waals surface area (Å²) in [6, 6.07) is 21.4. The molecule has 0 saturated carbocycles. The number of halogens is 1. The second-order valence-electron chi connectivity index (χ2n) is 6.94. The summed E-state index contributed by atoms with van der Waals surface area (Å²) in [5.41, 5.74) is 6.38. The quantitative estimate of drug-likeness (QED) is 0.339. The van der Waals surface area contributed by atoms with Crippen molar-refractivity contribution in [1.82, 2.24) is 0 Å². The molecule has 30 heavy (non-hydrogen) atoms. The molecule has 0 atom stereocenters. The average molecular weight is 428 g/mol. The lowest BCUT2D eigenvalue weighted by molar-refractivity contribution is -2.00. The zero-order chi connectivity index (χ0) is 22.1. The number of fused-ring (bicyclic) bond motifs is 3. The van der Waals surface area contributed by atoms with Gasteiger partial charge in [0.1, 0.15) is 12.8 Å². The first-order valence-corrected chi connectivity index (χ1v) is 10.4. The highest BCUT2D eigenvalue weighted by Crippen LogP contribution is 2.32. The summed E-state index contributed by atoms with van der Waals surface area (Å²) in [5.74, 6) is 0.882. The van der Waals surface area contributed by atoms with E-state index in [9.17, 15) is 0 Å². The van der Waals surface area contributed by atoms with Gasteiger partial charge in [0.05, 0.1) is 12.5 Å². The van der Waals surface area contributed by atoms with Crippen molar-refractivity contribution in [3.63, 3.8) is 0 Å². The Hall–Kier alpha value is -2.74. The SMILES string of the molecule is COc1ccc(-c2c(C)c(C)c3c4ccccc4ccc3[n+]2C)cc1.[O-][Cl+3]([O-])([O-])[O-]. The van der Waals surface area contributed by atoms with Crippen LogP contribution in [0.5, 0.6) is 5.75 Å². The monoisotopic (exact) mass is 427 g/mol. The standard InChI is InChI=1S/C23H22NO.ClHO4/c1-15-16(2)23(18-9-12-19(25-4)13-10-18)24(3)21-14-11-17-7-5-6-8-20(17)22(15)21;2-1(3,4)5/h5-14H,1-4H3;(H,2,3,4,5)/q+1;/p-1. The number of nitrogens with zero attached hydrogens (tertiary/aromatic N) is 1. The Balaban J connectivity index is 0.000000461. The van der Waals surface area contributed by atoms with E-state index in [4.69, 9.17) is 23.4 Å². The van der Waals surface area contributed by atoms with Crippen LogP contribution < -0.4 is 27.9 Å². The summed E-state index contributed by atoms with van der Waals surface area (Å²) in [4.78, 5) is 0. The van der Waals surface area contributed by atoms with Gasteiger partial charge >= 0.3 is 0 Å². The van der Waals surface area contributed by atoms with Crippen molar-refractivity contribution in [3.05, 3.63) is 71.8 Å². The van der Waals surface area contributed by atoms with Gasteiger partial charge < -0.3 is 4.74 Å². The Morgan fingerprint density at radius 1 is 0.800 bits per heavy atom. The summed E-state index contributed by atoms with van der Waals surface area (Å²) in [6.45, 7) is 4.45. The third-order valence-electron chi connectivity index (χ3n) is 5.26. The minimum Gasteiger partial charge on any atom is -0.497 e. The minimum atomic E-state index is -4.94. The molecule has 0 spiro atoms. The first kappa shape index (κ1) is 22.0. The van der Waals surface area contributed by atoms with Crippen LogP contribution in [0.4, 0.5) is 0 Å². The van der Waals surface area contributed by atoms with E-state index < -0.39 is 10.2 Å². The van der Waals surface area contributed by atoms with E-state index in [1.807, 2.05) is 12.1 Å². The zero-order valence-corrected chi connectivity index (χ0v) is 17.9. The van der Waals surface area contributed by atoms with E-state index in [0.717, 1.165) is 5.75 Å². The Bertz CT molecular complexity index is 1190. The highest BCUT2D eigenvalue weighted by Gasteiger charge is 2.22. The Morgan fingerprint density at radius 3 is 2.00 bits per heavy atom. The molecule has 0 radical (unpaired) electrons. The van der Waals surface area contributed by atoms with Crippen molar-refractivity contribution < 1.29 is 38.2 Å². The molecule has 3 aromatic carbocycles. The van der Waals surface area contributed by atoms with E-state index in [2.05, 4.69) is 74.0 Å². The first-order valence-electron chi connectivity index (χ1n) is 9.18. The maximum atomic E-state index is 8.49. The molecule has 0 aliphatic heterocycles. The number of aromatic nitrogens is 1. The van der Waals surface area contributed by atoms with Crippen molar-refractivity contribution in [3.8, 4) is 17.0 Å². The van der Waals surface area contributed by atoms with Crippen LogP contribution in [0, 0.1) is 24.1 Å². The van der Waals surface area contributed by atoms with Gasteiger partial charge in [0.2, 0.25) is 11.2 Å². The average Bonchev–Trinajstić information content (AvgIpc) is 2.71. The van der Waals surface area contributed by atoms with Gasteiger partial charge in [-0.05, 0) is 60.5 Å². The van der Waals surface area contributed by atoms with Crippen molar-refractivity contribution >= 4 is 21.7 Å². The largest absolute Gasteiger partial charge is 0.497 e. The lowest BCUT2D eigenvalue weighted by atomic mass is 9.94. The van der Waals surface area contributed by atoms with Crippen molar-refractivity contribution in [2.75, 3.05) is 7.11 Å². The fourth-order valence-electron chi connectivity index (χ4n) is 3.83. The fourth-order valence-corrected chi connectivity index (χ4v) is 3.83. The molecule has 1 heterocycles. The predicted octanol–water partition coefficient (Wildman–Crippen LogP) is 0.354. The van der Waals surface area contributed by atoms with Gasteiger partial charge in [0.25, 0.3) is 0 Å². The summed E-state index contributed by atoms with van der Waals surface area (Å²) in [5, 5.41) is 3.95. The number of hydrogen-bond donors (Lipinski definition) is 0. The molecule has 7 heteroatoms. The molecule has 156 valence electrons. The van der Waals surface area contributed by atoms with Crippen LogP contribution >= 0.6 is 0 Å². The highest BCUT2D eigenvalue weighted by atomic mass is 35.7. The van der Waals surface area contributed by atoms with Gasteiger partial charge in [-0.25, -0.2) is 18.6 Å². The van der Waals surface area contributed by atoms with Gasteiger partial charge in [-0.1, -0.05) is 24.3 Å². The molecule has 4 aromatic rings. The molecule has 1 aromatic heterocycles. The van der Waals surface area contributed by atoms with E-state index in [0.29, 0.717) is 0 Å². The zero-order valence-electron chi connectivity index (χ0n) is 17.1. The van der Waals surface area contributed by atoms with Crippen LogP contribution in [0.2, 0.25) is 0 Å². The molecule has 0 unspecified atom stereocenters. The van der Waals surface area contributed by atoms with E-state index in [1.165, 1.54) is 44.1 Å². The van der Waals surface area contributed by atoms with Gasteiger partial charge in [0, 0.05) is 17.2 Å². The molecule has 0 bridgehead atoms. The normalized spacial score (nSPS) is 11.3. The summed E-state index contributed by atoms with van der Waals surface area (Å²) in [6.07, 6.45) is 0. The number of methoxy groups -OCH3 is 1. The summed E-state index contributed by atoms with van der Waals surface area (Å²) >= 11 is 0. The molecule has 0 aliphatic rings. The van der Waals surface area contributed by atoms with Crippen molar-refractivity contribution in [2.45, 2.75) is 13.8 Å². The van der Waals surface area contributed by atoms with Crippen LogP contribution in [0.25, 0.3) is 32.9 Å². The molecule has 6 nitrogen and oxygen atoms in total. The van der Waals surface area contributed by atoms with Gasteiger partial charge in [-0.15, -0.1) is 10.2 Å². The van der Waals surface area contributed by atoms with Crippen LogP contribution in [0.1, 0.15) is 11.1 Å². The number of benzene rings is 3. The number of rotatable bonds is 2. The molecular formula is C23H22ClNO5. The summed E-state index contributed by atoms with van der Waals surface area (Å²) < 4.78 is 41.6. The second kappa shape index (κ2) is 8.55. The number of hydrogen-bond acceptors (Lipinski definition) is 5. The Labute approximate surface area is 176 Å². The van der Waals surface area contributed by atoms with Gasteiger partial charge in [0.15, 0.2) is 0 Å². The van der Waals surface area contributed by atoms with Crippen LogP contribution in [0.15, 0.2) is 60.7 Å². The third-order valence-corrected chi connectivity index (χ3v) is 5.26. The molecule has 0 saturated heterocycles. The number of aryl methyl sites for hydroxylation is 2. The maximum absolute atomic E-state index is 8.49. The van der Waals surface area contributed by atoms with Crippen LogP contribution in [0.3, 0.4) is 0 Å². The van der Waals surface area contributed by atoms with Crippen molar-refractivity contribution in [1.29, 1.82) is 0 Å². The second-order valence-corrected chi connectivity index (χ2v) is 7.70. The van der Waals surface area contributed by atoms with Gasteiger partial charge in [-0.3, -0.25) is 0 Å². The maximum Gasteiger partial charge on any atom is 0.215 e.